The number of halogens is 3. The molecule has 0 fully saturated rings. The topological polar surface area (TPSA) is 51.2 Å². The molecule has 1 heterocycles. The van der Waals surface area contributed by atoms with Gasteiger partial charge in [-0.15, -0.1) is 24.5 Å². The zero-order valence-corrected chi connectivity index (χ0v) is 15.0. The van der Waals surface area contributed by atoms with Gasteiger partial charge >= 0.3 is 6.36 Å². The van der Waals surface area contributed by atoms with Gasteiger partial charge in [0.15, 0.2) is 5.75 Å². The second kappa shape index (κ2) is 7.79. The van der Waals surface area contributed by atoms with Crippen molar-refractivity contribution in [2.45, 2.75) is 19.7 Å². The van der Waals surface area contributed by atoms with E-state index in [0.29, 0.717) is 5.69 Å². The quantitative estimate of drug-likeness (QED) is 0.649. The molecule has 0 saturated heterocycles. The van der Waals surface area contributed by atoms with E-state index in [4.69, 9.17) is 0 Å². The van der Waals surface area contributed by atoms with Crippen molar-refractivity contribution < 1.29 is 22.7 Å². The molecule has 140 valence electrons. The first-order valence-electron chi connectivity index (χ1n) is 7.96. The minimum Gasteiger partial charge on any atom is -0.404 e. The Bertz CT molecular complexity index is 954. The second-order valence-electron chi connectivity index (χ2n) is 5.78. The standard InChI is InChI=1S/C19H15F3N2O2S/c1-12-5-4-6-13(9-12)18-23-14(11-27-18)10-17(25)24-15-7-2-3-8-16(15)26-19(20,21)22/h2-9,11H,10H2,1H3,(H,24,25). The lowest BCUT2D eigenvalue weighted by Gasteiger charge is -2.13. The van der Waals surface area contributed by atoms with Crippen LogP contribution in [0.15, 0.2) is 53.9 Å². The van der Waals surface area contributed by atoms with E-state index in [1.165, 1.54) is 29.5 Å². The summed E-state index contributed by atoms with van der Waals surface area (Å²) in [5, 5.41) is 4.98. The number of hydrogen-bond acceptors (Lipinski definition) is 4. The van der Waals surface area contributed by atoms with Gasteiger partial charge in [-0.3, -0.25) is 4.79 Å². The van der Waals surface area contributed by atoms with Crippen LogP contribution in [0.3, 0.4) is 0 Å². The lowest BCUT2D eigenvalue weighted by Crippen LogP contribution is -2.20. The molecular formula is C19H15F3N2O2S. The first-order chi connectivity index (χ1) is 12.8. The number of carbonyl (C=O) groups is 1. The fourth-order valence-corrected chi connectivity index (χ4v) is 3.26. The number of anilines is 1. The highest BCUT2D eigenvalue weighted by Crippen LogP contribution is 2.30. The molecule has 0 bridgehead atoms. The number of para-hydroxylation sites is 2. The van der Waals surface area contributed by atoms with Crippen LogP contribution in [0.2, 0.25) is 0 Å². The molecule has 3 rings (SSSR count). The van der Waals surface area contributed by atoms with E-state index in [9.17, 15) is 18.0 Å². The largest absolute Gasteiger partial charge is 0.573 e. The number of thiazole rings is 1. The third kappa shape index (κ3) is 5.30. The SMILES string of the molecule is Cc1cccc(-c2nc(CC(=O)Nc3ccccc3OC(F)(F)F)cs2)c1. The fourth-order valence-electron chi connectivity index (χ4n) is 2.44. The Morgan fingerprint density at radius 2 is 1.96 bits per heavy atom. The molecule has 3 aromatic rings. The van der Waals surface area contributed by atoms with Crippen LogP contribution < -0.4 is 10.1 Å². The summed E-state index contributed by atoms with van der Waals surface area (Å²) in [6.45, 7) is 1.98. The molecule has 0 atom stereocenters. The van der Waals surface area contributed by atoms with Crippen molar-refractivity contribution in [2.75, 3.05) is 5.32 Å². The molecule has 0 aliphatic carbocycles. The number of alkyl halides is 3. The predicted octanol–water partition coefficient (Wildman–Crippen LogP) is 5.20. The van der Waals surface area contributed by atoms with E-state index in [1.807, 2.05) is 31.2 Å². The number of aromatic nitrogens is 1. The zero-order valence-electron chi connectivity index (χ0n) is 14.2. The first-order valence-corrected chi connectivity index (χ1v) is 8.84. The molecule has 2 aromatic carbocycles. The van der Waals surface area contributed by atoms with Gasteiger partial charge in [-0.05, 0) is 25.1 Å². The Morgan fingerprint density at radius 1 is 1.19 bits per heavy atom. The number of amides is 1. The average molecular weight is 392 g/mol. The molecule has 0 aliphatic heterocycles. The van der Waals surface area contributed by atoms with E-state index in [2.05, 4.69) is 15.0 Å². The molecule has 27 heavy (non-hydrogen) atoms. The molecule has 1 aromatic heterocycles. The van der Waals surface area contributed by atoms with Gasteiger partial charge < -0.3 is 10.1 Å². The van der Waals surface area contributed by atoms with Crippen molar-refractivity contribution >= 4 is 22.9 Å². The number of hydrogen-bond donors (Lipinski definition) is 1. The van der Waals surface area contributed by atoms with Gasteiger partial charge in [-0.1, -0.05) is 35.9 Å². The number of aryl methyl sites for hydroxylation is 1. The van der Waals surface area contributed by atoms with Crippen LogP contribution in [0.25, 0.3) is 10.6 Å². The highest BCUT2D eigenvalue weighted by atomic mass is 32.1. The van der Waals surface area contributed by atoms with Gasteiger partial charge in [0.05, 0.1) is 17.8 Å². The Labute approximate surface area is 157 Å². The summed E-state index contributed by atoms with van der Waals surface area (Å²) in [6, 6.07) is 13.2. The van der Waals surface area contributed by atoms with Gasteiger partial charge in [0, 0.05) is 10.9 Å². The van der Waals surface area contributed by atoms with E-state index in [0.717, 1.165) is 22.2 Å². The number of nitrogens with one attached hydrogen (secondary N) is 1. The lowest BCUT2D eigenvalue weighted by atomic mass is 10.1. The van der Waals surface area contributed by atoms with Crippen LogP contribution in [-0.2, 0) is 11.2 Å². The molecule has 0 spiro atoms. The monoisotopic (exact) mass is 392 g/mol. The summed E-state index contributed by atoms with van der Waals surface area (Å²) >= 11 is 1.41. The Morgan fingerprint density at radius 3 is 2.70 bits per heavy atom. The van der Waals surface area contributed by atoms with Crippen LogP contribution in [-0.4, -0.2) is 17.3 Å². The summed E-state index contributed by atoms with van der Waals surface area (Å²) in [4.78, 5) is 16.6. The van der Waals surface area contributed by atoms with Crippen molar-refractivity contribution in [2.24, 2.45) is 0 Å². The maximum Gasteiger partial charge on any atom is 0.573 e. The van der Waals surface area contributed by atoms with Gasteiger partial charge in [0.2, 0.25) is 5.91 Å². The fraction of sp³-hybridized carbons (Fsp3) is 0.158. The minimum atomic E-state index is -4.83. The molecule has 0 aliphatic rings. The van der Waals surface area contributed by atoms with Gasteiger partial charge in [0.25, 0.3) is 0 Å². The molecule has 8 heteroatoms. The molecule has 0 saturated carbocycles. The molecule has 0 unspecified atom stereocenters. The van der Waals surface area contributed by atoms with Crippen molar-refractivity contribution in [3.63, 3.8) is 0 Å². The van der Waals surface area contributed by atoms with Crippen molar-refractivity contribution in [3.05, 3.63) is 65.2 Å². The predicted molar refractivity (Wildman–Crippen MR) is 97.7 cm³/mol. The lowest BCUT2D eigenvalue weighted by molar-refractivity contribution is -0.274. The number of carbonyl (C=O) groups excluding carboxylic acids is 1. The van der Waals surface area contributed by atoms with Gasteiger partial charge in [-0.25, -0.2) is 4.98 Å². The molecular weight excluding hydrogens is 377 g/mol. The van der Waals surface area contributed by atoms with Crippen molar-refractivity contribution in [1.29, 1.82) is 0 Å². The summed E-state index contributed by atoms with van der Waals surface area (Å²) in [7, 11) is 0. The summed E-state index contributed by atoms with van der Waals surface area (Å²) in [6.07, 6.45) is -4.89. The number of ether oxygens (including phenoxy) is 1. The van der Waals surface area contributed by atoms with Crippen LogP contribution in [0.5, 0.6) is 5.75 Å². The summed E-state index contributed by atoms with van der Waals surface area (Å²) in [5.74, 6) is -0.939. The molecule has 1 amide bonds. The van der Waals surface area contributed by atoms with E-state index < -0.39 is 18.0 Å². The Hall–Kier alpha value is -2.87. The summed E-state index contributed by atoms with van der Waals surface area (Å²) in [5.41, 5.74) is 2.55. The highest BCUT2D eigenvalue weighted by Gasteiger charge is 2.32. The smallest absolute Gasteiger partial charge is 0.404 e. The molecule has 4 nitrogen and oxygen atoms in total. The average Bonchev–Trinajstić information content (AvgIpc) is 3.04. The Balaban J connectivity index is 1.69. The third-order valence-corrected chi connectivity index (χ3v) is 4.49. The number of nitrogens with zero attached hydrogens (tertiary/aromatic N) is 1. The molecule has 0 radical (unpaired) electrons. The normalized spacial score (nSPS) is 11.3. The van der Waals surface area contributed by atoms with E-state index in [-0.39, 0.29) is 12.1 Å². The first kappa shape index (κ1) is 18.9. The van der Waals surface area contributed by atoms with Crippen LogP contribution in [0, 0.1) is 6.92 Å². The van der Waals surface area contributed by atoms with Crippen LogP contribution in [0.4, 0.5) is 18.9 Å². The van der Waals surface area contributed by atoms with Gasteiger partial charge in [0.1, 0.15) is 5.01 Å². The van der Waals surface area contributed by atoms with Crippen molar-refractivity contribution in [3.8, 4) is 16.3 Å². The van der Waals surface area contributed by atoms with Crippen LogP contribution >= 0.6 is 11.3 Å². The molecule has 1 N–H and O–H groups in total. The number of benzene rings is 2. The maximum absolute atomic E-state index is 12.5. The van der Waals surface area contributed by atoms with Gasteiger partial charge in [-0.2, -0.15) is 0 Å². The zero-order chi connectivity index (χ0) is 19.4. The van der Waals surface area contributed by atoms with Crippen molar-refractivity contribution in [1.82, 2.24) is 4.98 Å². The minimum absolute atomic E-state index is 0.0473. The van der Waals surface area contributed by atoms with Crippen LogP contribution in [0.1, 0.15) is 11.3 Å². The van der Waals surface area contributed by atoms with E-state index in [1.54, 1.807) is 5.38 Å². The maximum atomic E-state index is 12.5. The third-order valence-electron chi connectivity index (χ3n) is 3.55. The highest BCUT2D eigenvalue weighted by molar-refractivity contribution is 7.13. The second-order valence-corrected chi connectivity index (χ2v) is 6.64. The number of rotatable bonds is 5. The van der Waals surface area contributed by atoms with E-state index >= 15 is 0 Å². The summed E-state index contributed by atoms with van der Waals surface area (Å²) < 4.78 is 41.3. The Kier molecular flexibility index (Phi) is 5.46.